The van der Waals surface area contributed by atoms with Gasteiger partial charge < -0.3 is 15.4 Å². The van der Waals surface area contributed by atoms with Crippen molar-refractivity contribution in [2.45, 2.75) is 44.9 Å². The summed E-state index contributed by atoms with van der Waals surface area (Å²) in [5, 5.41) is 6.20. The predicted molar refractivity (Wildman–Crippen MR) is 89.7 cm³/mol. The van der Waals surface area contributed by atoms with Gasteiger partial charge in [-0.1, -0.05) is 0 Å². The van der Waals surface area contributed by atoms with E-state index in [9.17, 15) is 4.79 Å². The Bertz CT molecular complexity index is 549. The molecule has 2 saturated heterocycles. The van der Waals surface area contributed by atoms with Gasteiger partial charge in [-0.05, 0) is 45.4 Å². The zero-order valence-corrected chi connectivity index (χ0v) is 13.9. The number of rotatable bonds is 5. The van der Waals surface area contributed by atoms with E-state index in [4.69, 9.17) is 4.74 Å². The second kappa shape index (κ2) is 7.27. The van der Waals surface area contributed by atoms with Crippen molar-refractivity contribution in [3.63, 3.8) is 0 Å². The number of carbonyl (C=O) groups is 1. The summed E-state index contributed by atoms with van der Waals surface area (Å²) in [6.45, 7) is 7.45. The van der Waals surface area contributed by atoms with Crippen LogP contribution in [0.15, 0.2) is 18.3 Å². The quantitative estimate of drug-likeness (QED) is 0.861. The van der Waals surface area contributed by atoms with Crippen molar-refractivity contribution in [3.05, 3.63) is 23.9 Å². The Morgan fingerprint density at radius 2 is 2.39 bits per heavy atom. The summed E-state index contributed by atoms with van der Waals surface area (Å²) in [5.74, 6) is 0.526. The summed E-state index contributed by atoms with van der Waals surface area (Å²) >= 11 is 0. The molecule has 2 atom stereocenters. The van der Waals surface area contributed by atoms with Gasteiger partial charge in [0, 0.05) is 31.4 Å². The number of ether oxygens (including phenoxy) is 1. The maximum atomic E-state index is 12.5. The molecular formula is C17H26N4O2. The number of hydrogen-bond donors (Lipinski definition) is 2. The molecule has 0 saturated carbocycles. The maximum Gasteiger partial charge on any atom is 0.255 e. The minimum Gasteiger partial charge on any atom is -0.373 e. The third-order valence-electron chi connectivity index (χ3n) is 4.43. The molecule has 126 valence electrons. The van der Waals surface area contributed by atoms with Crippen molar-refractivity contribution in [2.24, 2.45) is 0 Å². The molecule has 1 aromatic rings. The Kier molecular flexibility index (Phi) is 5.13. The van der Waals surface area contributed by atoms with Crippen LogP contribution >= 0.6 is 0 Å². The smallest absolute Gasteiger partial charge is 0.255 e. The molecule has 1 amide bonds. The first-order chi connectivity index (χ1) is 11.1. The largest absolute Gasteiger partial charge is 0.373 e. The lowest BCUT2D eigenvalue weighted by molar-refractivity contribution is -0.0461. The van der Waals surface area contributed by atoms with Crippen LogP contribution in [0.3, 0.4) is 0 Å². The van der Waals surface area contributed by atoms with Crippen LogP contribution in [-0.2, 0) is 4.74 Å². The number of nitrogens with one attached hydrogen (secondary N) is 2. The molecule has 1 aromatic heterocycles. The highest BCUT2D eigenvalue weighted by atomic mass is 16.5. The van der Waals surface area contributed by atoms with Crippen LogP contribution < -0.4 is 10.6 Å². The summed E-state index contributed by atoms with van der Waals surface area (Å²) < 4.78 is 5.89. The molecule has 0 spiro atoms. The van der Waals surface area contributed by atoms with Gasteiger partial charge >= 0.3 is 0 Å². The molecule has 2 unspecified atom stereocenters. The van der Waals surface area contributed by atoms with E-state index < -0.39 is 0 Å². The molecule has 0 bridgehead atoms. The van der Waals surface area contributed by atoms with Crippen LogP contribution in [-0.4, -0.2) is 60.2 Å². The van der Waals surface area contributed by atoms with E-state index >= 15 is 0 Å². The fourth-order valence-corrected chi connectivity index (χ4v) is 3.29. The Balaban J connectivity index is 1.55. The fourth-order valence-electron chi connectivity index (χ4n) is 3.29. The van der Waals surface area contributed by atoms with E-state index in [0.29, 0.717) is 24.0 Å². The molecule has 3 rings (SSSR count). The Labute approximate surface area is 137 Å². The molecule has 2 aliphatic heterocycles. The molecule has 6 nitrogen and oxygen atoms in total. The van der Waals surface area contributed by atoms with Crippen LogP contribution in [0.2, 0.25) is 0 Å². The Morgan fingerprint density at radius 3 is 3.22 bits per heavy atom. The van der Waals surface area contributed by atoms with Crippen molar-refractivity contribution >= 4 is 11.7 Å². The average molecular weight is 318 g/mol. The highest BCUT2D eigenvalue weighted by molar-refractivity contribution is 5.98. The lowest BCUT2D eigenvalue weighted by Crippen LogP contribution is -2.50. The molecule has 0 radical (unpaired) electrons. The van der Waals surface area contributed by atoms with E-state index in [1.54, 1.807) is 18.3 Å². The van der Waals surface area contributed by atoms with Crippen molar-refractivity contribution in [3.8, 4) is 0 Å². The van der Waals surface area contributed by atoms with E-state index in [2.05, 4.69) is 20.5 Å². The summed E-state index contributed by atoms with van der Waals surface area (Å²) in [6.07, 6.45) is 4.26. The first-order valence-corrected chi connectivity index (χ1v) is 8.49. The van der Waals surface area contributed by atoms with Crippen LogP contribution in [0.25, 0.3) is 0 Å². The van der Waals surface area contributed by atoms with Crippen LogP contribution in [0, 0.1) is 0 Å². The summed E-state index contributed by atoms with van der Waals surface area (Å²) in [5.41, 5.74) is 0.580. The molecule has 0 aliphatic carbocycles. The summed E-state index contributed by atoms with van der Waals surface area (Å²) in [4.78, 5) is 19.2. The van der Waals surface area contributed by atoms with Gasteiger partial charge in [-0.3, -0.25) is 9.69 Å². The van der Waals surface area contributed by atoms with Crippen LogP contribution in [0.1, 0.15) is 37.0 Å². The third-order valence-corrected chi connectivity index (χ3v) is 4.43. The van der Waals surface area contributed by atoms with Gasteiger partial charge in [0.1, 0.15) is 5.82 Å². The van der Waals surface area contributed by atoms with E-state index in [1.165, 1.54) is 12.8 Å². The molecule has 0 aromatic carbocycles. The van der Waals surface area contributed by atoms with Crippen molar-refractivity contribution < 1.29 is 9.53 Å². The molecule has 2 fully saturated rings. The minimum absolute atomic E-state index is 0.0754. The second-order valence-electron chi connectivity index (χ2n) is 6.65. The van der Waals surface area contributed by atoms with Gasteiger partial charge in [0.25, 0.3) is 5.91 Å². The summed E-state index contributed by atoms with van der Waals surface area (Å²) in [6, 6.07) is 4.39. The highest BCUT2D eigenvalue weighted by Crippen LogP contribution is 2.22. The van der Waals surface area contributed by atoms with Gasteiger partial charge in [0.2, 0.25) is 0 Å². The molecule has 2 aliphatic rings. The number of anilines is 1. The first-order valence-electron chi connectivity index (χ1n) is 8.49. The minimum atomic E-state index is -0.103. The second-order valence-corrected chi connectivity index (χ2v) is 6.65. The van der Waals surface area contributed by atoms with Gasteiger partial charge in [-0.2, -0.15) is 0 Å². The zero-order valence-electron chi connectivity index (χ0n) is 13.9. The third kappa shape index (κ3) is 4.00. The molecular weight excluding hydrogens is 292 g/mol. The standard InChI is InChI=1S/C17H26N4O2/c1-12(2)20-16-15(6-3-7-18-16)17(22)19-9-14-10-21-8-4-5-13(21)11-23-14/h3,6-7,12-14H,4-5,8-11H2,1-2H3,(H,18,20)(H,19,22). The monoisotopic (exact) mass is 318 g/mol. The highest BCUT2D eigenvalue weighted by Gasteiger charge is 2.32. The van der Waals surface area contributed by atoms with E-state index in [1.807, 2.05) is 13.8 Å². The van der Waals surface area contributed by atoms with Gasteiger partial charge in [-0.15, -0.1) is 0 Å². The fraction of sp³-hybridized carbons (Fsp3) is 0.647. The van der Waals surface area contributed by atoms with Crippen molar-refractivity contribution in [1.29, 1.82) is 0 Å². The van der Waals surface area contributed by atoms with Gasteiger partial charge in [-0.25, -0.2) is 4.98 Å². The van der Waals surface area contributed by atoms with Crippen molar-refractivity contribution in [1.82, 2.24) is 15.2 Å². The van der Waals surface area contributed by atoms with E-state index in [-0.39, 0.29) is 18.1 Å². The normalized spacial score (nSPS) is 24.5. The number of carbonyl (C=O) groups excluding carboxylic acids is 1. The number of nitrogens with zero attached hydrogens (tertiary/aromatic N) is 2. The average Bonchev–Trinajstić information content (AvgIpc) is 3.00. The lowest BCUT2D eigenvalue weighted by Gasteiger charge is -2.35. The Morgan fingerprint density at radius 1 is 1.52 bits per heavy atom. The summed E-state index contributed by atoms with van der Waals surface area (Å²) in [7, 11) is 0. The number of morpholine rings is 1. The number of amides is 1. The van der Waals surface area contributed by atoms with Gasteiger partial charge in [0.15, 0.2) is 0 Å². The number of pyridine rings is 1. The topological polar surface area (TPSA) is 66.5 Å². The number of fused-ring (bicyclic) bond motifs is 1. The number of hydrogen-bond acceptors (Lipinski definition) is 5. The van der Waals surface area contributed by atoms with Gasteiger partial charge in [0.05, 0.1) is 18.3 Å². The molecule has 23 heavy (non-hydrogen) atoms. The maximum absolute atomic E-state index is 12.5. The van der Waals surface area contributed by atoms with Crippen molar-refractivity contribution in [2.75, 3.05) is 31.6 Å². The molecule has 2 N–H and O–H groups in total. The first kappa shape index (κ1) is 16.2. The molecule has 6 heteroatoms. The molecule has 3 heterocycles. The Hall–Kier alpha value is -1.66. The SMILES string of the molecule is CC(C)Nc1ncccc1C(=O)NCC1CN2CCCC2CO1. The predicted octanol–water partition coefficient (Wildman–Crippen LogP) is 1.49. The van der Waals surface area contributed by atoms with E-state index in [0.717, 1.165) is 19.7 Å². The zero-order chi connectivity index (χ0) is 16.2. The lowest BCUT2D eigenvalue weighted by atomic mass is 10.2. The van der Waals surface area contributed by atoms with Crippen LogP contribution in [0.4, 0.5) is 5.82 Å². The van der Waals surface area contributed by atoms with Crippen LogP contribution in [0.5, 0.6) is 0 Å². The number of aromatic nitrogens is 1.